The molecular formula is C15H18N2O6. The van der Waals surface area contributed by atoms with E-state index in [1.54, 1.807) is 0 Å². The van der Waals surface area contributed by atoms with Crippen molar-refractivity contribution >= 4 is 17.6 Å². The van der Waals surface area contributed by atoms with Crippen molar-refractivity contribution in [2.45, 2.75) is 18.9 Å². The SMILES string of the molecule is C=CCOC(=O)CCC(CO)NC(=O)c1ccc([N+](=O)[O-])cc1. The number of aliphatic hydroxyl groups is 1. The van der Waals surface area contributed by atoms with Gasteiger partial charge in [-0.15, -0.1) is 0 Å². The quantitative estimate of drug-likeness (QED) is 0.305. The monoisotopic (exact) mass is 322 g/mol. The fraction of sp³-hybridized carbons (Fsp3) is 0.333. The molecule has 0 fully saturated rings. The topological polar surface area (TPSA) is 119 Å². The van der Waals surface area contributed by atoms with E-state index in [-0.39, 0.29) is 37.3 Å². The first kappa shape index (κ1) is 18.3. The minimum Gasteiger partial charge on any atom is -0.461 e. The lowest BCUT2D eigenvalue weighted by Crippen LogP contribution is -2.37. The van der Waals surface area contributed by atoms with Gasteiger partial charge < -0.3 is 15.2 Å². The number of nitro groups is 1. The number of non-ortho nitro benzene ring substituents is 1. The van der Waals surface area contributed by atoms with Crippen LogP contribution in [0.5, 0.6) is 0 Å². The van der Waals surface area contributed by atoms with E-state index in [9.17, 15) is 24.8 Å². The van der Waals surface area contributed by atoms with E-state index in [1.165, 1.54) is 30.3 Å². The van der Waals surface area contributed by atoms with Crippen molar-refractivity contribution in [3.63, 3.8) is 0 Å². The summed E-state index contributed by atoms with van der Waals surface area (Å²) in [5, 5.41) is 22.4. The molecule has 1 unspecified atom stereocenters. The Bertz CT molecular complexity index is 570. The predicted molar refractivity (Wildman–Crippen MR) is 81.8 cm³/mol. The summed E-state index contributed by atoms with van der Waals surface area (Å²) < 4.78 is 4.80. The smallest absolute Gasteiger partial charge is 0.306 e. The highest BCUT2D eigenvalue weighted by molar-refractivity contribution is 5.94. The van der Waals surface area contributed by atoms with Gasteiger partial charge >= 0.3 is 5.97 Å². The van der Waals surface area contributed by atoms with Gasteiger partial charge in [-0.3, -0.25) is 19.7 Å². The van der Waals surface area contributed by atoms with Crippen LogP contribution in [0, 0.1) is 10.1 Å². The lowest BCUT2D eigenvalue weighted by atomic mass is 10.1. The number of carbonyl (C=O) groups is 2. The first-order valence-corrected chi connectivity index (χ1v) is 6.90. The van der Waals surface area contributed by atoms with Crippen molar-refractivity contribution in [1.82, 2.24) is 5.32 Å². The molecule has 0 bridgehead atoms. The Morgan fingerprint density at radius 2 is 2.04 bits per heavy atom. The van der Waals surface area contributed by atoms with Gasteiger partial charge in [-0.2, -0.15) is 0 Å². The summed E-state index contributed by atoms with van der Waals surface area (Å²) in [5.41, 5.74) is 0.105. The van der Waals surface area contributed by atoms with Crippen LogP contribution in [0.3, 0.4) is 0 Å². The van der Waals surface area contributed by atoms with Crippen LogP contribution in [-0.2, 0) is 9.53 Å². The van der Waals surface area contributed by atoms with Crippen LogP contribution in [0.2, 0.25) is 0 Å². The largest absolute Gasteiger partial charge is 0.461 e. The number of nitrogens with zero attached hydrogens (tertiary/aromatic N) is 1. The standard InChI is InChI=1S/C15H18N2O6/c1-2-9-23-14(19)8-5-12(10-18)16-15(20)11-3-6-13(7-4-11)17(21)22/h2-4,6-7,12,18H,1,5,8-10H2,(H,16,20). The fourth-order valence-corrected chi connectivity index (χ4v) is 1.73. The fourth-order valence-electron chi connectivity index (χ4n) is 1.73. The van der Waals surface area contributed by atoms with Gasteiger partial charge in [-0.05, 0) is 18.6 Å². The molecule has 1 amide bonds. The van der Waals surface area contributed by atoms with Gasteiger partial charge in [-0.1, -0.05) is 12.7 Å². The van der Waals surface area contributed by atoms with E-state index >= 15 is 0 Å². The number of hydrogen-bond donors (Lipinski definition) is 2. The van der Waals surface area contributed by atoms with Crippen LogP contribution >= 0.6 is 0 Å². The third kappa shape index (κ3) is 6.27. The van der Waals surface area contributed by atoms with Crippen molar-refractivity contribution in [2.24, 2.45) is 0 Å². The average molecular weight is 322 g/mol. The summed E-state index contributed by atoms with van der Waals surface area (Å²) in [6, 6.07) is 4.46. The molecule has 0 radical (unpaired) electrons. The Hall–Kier alpha value is -2.74. The summed E-state index contributed by atoms with van der Waals surface area (Å²) in [5.74, 6) is -0.939. The zero-order valence-electron chi connectivity index (χ0n) is 12.4. The van der Waals surface area contributed by atoms with Crippen molar-refractivity contribution in [1.29, 1.82) is 0 Å². The van der Waals surface area contributed by atoms with E-state index in [2.05, 4.69) is 11.9 Å². The van der Waals surface area contributed by atoms with Gasteiger partial charge in [-0.25, -0.2) is 0 Å². The number of aliphatic hydroxyl groups excluding tert-OH is 1. The Kier molecular flexibility index (Phi) is 7.41. The van der Waals surface area contributed by atoms with Gasteiger partial charge in [0.2, 0.25) is 0 Å². The molecule has 1 aromatic carbocycles. The van der Waals surface area contributed by atoms with Crippen LogP contribution in [0.4, 0.5) is 5.69 Å². The Labute approximate surface area is 132 Å². The molecule has 1 atom stereocenters. The van der Waals surface area contributed by atoms with Crippen molar-refractivity contribution < 1.29 is 24.4 Å². The van der Waals surface area contributed by atoms with Crippen molar-refractivity contribution in [2.75, 3.05) is 13.2 Å². The molecule has 1 aromatic rings. The highest BCUT2D eigenvalue weighted by Crippen LogP contribution is 2.12. The molecule has 0 aliphatic heterocycles. The second-order valence-corrected chi connectivity index (χ2v) is 4.67. The lowest BCUT2D eigenvalue weighted by Gasteiger charge is -2.15. The first-order valence-electron chi connectivity index (χ1n) is 6.90. The maximum Gasteiger partial charge on any atom is 0.306 e. The van der Waals surface area contributed by atoms with E-state index in [0.717, 1.165) is 0 Å². The maximum atomic E-state index is 12.0. The number of ether oxygens (including phenoxy) is 1. The third-order valence-electron chi connectivity index (χ3n) is 2.96. The van der Waals surface area contributed by atoms with Crippen LogP contribution < -0.4 is 5.32 Å². The Balaban J connectivity index is 2.53. The van der Waals surface area contributed by atoms with Gasteiger partial charge in [0.05, 0.1) is 17.6 Å². The molecule has 124 valence electrons. The van der Waals surface area contributed by atoms with Crippen LogP contribution in [0.25, 0.3) is 0 Å². The van der Waals surface area contributed by atoms with Gasteiger partial charge in [0.15, 0.2) is 0 Å². The van der Waals surface area contributed by atoms with Crippen LogP contribution in [-0.4, -0.2) is 41.2 Å². The number of rotatable bonds is 9. The lowest BCUT2D eigenvalue weighted by molar-refractivity contribution is -0.384. The summed E-state index contributed by atoms with van der Waals surface area (Å²) in [6.07, 6.45) is 1.70. The summed E-state index contributed by atoms with van der Waals surface area (Å²) in [4.78, 5) is 33.3. The van der Waals surface area contributed by atoms with Crippen LogP contribution in [0.15, 0.2) is 36.9 Å². The summed E-state index contributed by atoms with van der Waals surface area (Å²) in [7, 11) is 0. The Morgan fingerprint density at radius 1 is 1.39 bits per heavy atom. The zero-order valence-corrected chi connectivity index (χ0v) is 12.4. The average Bonchev–Trinajstić information content (AvgIpc) is 2.56. The molecule has 0 aromatic heterocycles. The first-order chi connectivity index (χ1) is 11.0. The molecule has 0 heterocycles. The number of hydrogen-bond acceptors (Lipinski definition) is 6. The highest BCUT2D eigenvalue weighted by Gasteiger charge is 2.16. The van der Waals surface area contributed by atoms with E-state index < -0.39 is 22.8 Å². The predicted octanol–water partition coefficient (Wildman–Crippen LogP) is 1.19. The number of nitrogens with one attached hydrogen (secondary N) is 1. The second-order valence-electron chi connectivity index (χ2n) is 4.67. The molecule has 0 saturated carbocycles. The summed E-state index contributed by atoms with van der Waals surface area (Å²) >= 11 is 0. The molecule has 2 N–H and O–H groups in total. The molecule has 23 heavy (non-hydrogen) atoms. The van der Waals surface area contributed by atoms with E-state index in [1.807, 2.05) is 0 Å². The maximum absolute atomic E-state index is 12.0. The summed E-state index contributed by atoms with van der Waals surface area (Å²) in [6.45, 7) is 3.19. The minimum absolute atomic E-state index is 0.0413. The number of benzene rings is 1. The van der Waals surface area contributed by atoms with Crippen molar-refractivity contribution in [3.8, 4) is 0 Å². The van der Waals surface area contributed by atoms with Gasteiger partial charge in [0.1, 0.15) is 6.61 Å². The number of amides is 1. The molecule has 0 saturated heterocycles. The molecule has 1 rings (SSSR count). The molecule has 8 heteroatoms. The van der Waals surface area contributed by atoms with E-state index in [0.29, 0.717) is 0 Å². The van der Waals surface area contributed by atoms with Crippen LogP contribution in [0.1, 0.15) is 23.2 Å². The highest BCUT2D eigenvalue weighted by atomic mass is 16.6. The molecule has 8 nitrogen and oxygen atoms in total. The normalized spacial score (nSPS) is 11.3. The van der Waals surface area contributed by atoms with Crippen molar-refractivity contribution in [3.05, 3.63) is 52.6 Å². The van der Waals surface area contributed by atoms with Gasteiger partial charge in [0, 0.05) is 24.1 Å². The molecule has 0 aliphatic rings. The molecule has 0 aliphatic carbocycles. The molecule has 0 spiro atoms. The zero-order chi connectivity index (χ0) is 17.2. The number of carbonyl (C=O) groups excluding carboxylic acids is 2. The third-order valence-corrected chi connectivity index (χ3v) is 2.96. The Morgan fingerprint density at radius 3 is 2.57 bits per heavy atom. The number of esters is 1. The van der Waals surface area contributed by atoms with E-state index in [4.69, 9.17) is 4.74 Å². The minimum atomic E-state index is -0.617. The molecular weight excluding hydrogens is 304 g/mol. The van der Waals surface area contributed by atoms with Gasteiger partial charge in [0.25, 0.3) is 11.6 Å². The number of nitro benzene ring substituents is 1. The second kappa shape index (κ2) is 9.31.